The van der Waals surface area contributed by atoms with E-state index in [0.717, 1.165) is 12.1 Å². The van der Waals surface area contributed by atoms with Gasteiger partial charge in [-0.25, -0.2) is 9.18 Å². The number of para-hydroxylation sites is 2. The van der Waals surface area contributed by atoms with E-state index in [4.69, 9.17) is 13.7 Å². The molecule has 0 spiro atoms. The number of cyclic esters (lactones) is 1. The number of anilines is 2. The van der Waals surface area contributed by atoms with E-state index >= 15 is 0 Å². The summed E-state index contributed by atoms with van der Waals surface area (Å²) in [4.78, 5) is 25.2. The third-order valence-electron chi connectivity index (χ3n) is 5.20. The minimum absolute atomic E-state index is 0.0912. The van der Waals surface area contributed by atoms with Crippen molar-refractivity contribution in [1.82, 2.24) is 0 Å². The highest BCUT2D eigenvalue weighted by Crippen LogP contribution is 2.35. The molecule has 1 atom stereocenters. The first kappa shape index (κ1) is 22.9. The predicted molar refractivity (Wildman–Crippen MR) is 113 cm³/mol. The Labute approximate surface area is 188 Å². The molecule has 1 amide bonds. The Kier molecular flexibility index (Phi) is 6.44. The largest absolute Gasteiger partial charge is 0.441 e. The number of halogens is 1. The summed E-state index contributed by atoms with van der Waals surface area (Å²) >= 11 is 0. The number of carbonyl (C=O) groups is 1. The summed E-state index contributed by atoms with van der Waals surface area (Å²) in [5.74, 6) is -0.513. The molecule has 0 radical (unpaired) electrons. The van der Waals surface area contributed by atoms with E-state index in [1.165, 1.54) is 29.2 Å². The van der Waals surface area contributed by atoms with Crippen molar-refractivity contribution in [3.05, 3.63) is 58.4 Å². The highest BCUT2D eigenvalue weighted by molar-refractivity contribution is 7.87. The summed E-state index contributed by atoms with van der Waals surface area (Å²) in [5, 5.41) is 11.1. The molecule has 0 bridgehead atoms. The number of nitro groups is 1. The number of nitro benzene ring substituents is 1. The number of nitrogens with zero attached hydrogens (tertiary/aromatic N) is 3. The summed E-state index contributed by atoms with van der Waals surface area (Å²) in [6, 6.07) is 9.09. The standard InChI is InChI=1S/C20H20FN3O8S/c21-15-4-3-6-17(19(15)22-8-10-30-11-9-22)23-12-14(32-20(23)25)13-31-33(28,29)18-7-2-1-5-16(18)24(26)27/h1-7,14H,8-13H2. The van der Waals surface area contributed by atoms with Crippen molar-refractivity contribution < 1.29 is 36.2 Å². The molecule has 13 heteroatoms. The highest BCUT2D eigenvalue weighted by atomic mass is 32.2. The number of carbonyl (C=O) groups excluding carboxylic acids is 1. The second-order valence-corrected chi connectivity index (χ2v) is 8.87. The third-order valence-corrected chi connectivity index (χ3v) is 6.53. The fraction of sp³-hybridized carbons (Fsp3) is 0.350. The maximum absolute atomic E-state index is 14.7. The van der Waals surface area contributed by atoms with Gasteiger partial charge in [-0.05, 0) is 18.2 Å². The third kappa shape index (κ3) is 4.74. The molecule has 2 aliphatic rings. The lowest BCUT2D eigenvalue weighted by atomic mass is 10.2. The van der Waals surface area contributed by atoms with Crippen molar-refractivity contribution in [2.24, 2.45) is 0 Å². The Morgan fingerprint density at radius 1 is 1.15 bits per heavy atom. The van der Waals surface area contributed by atoms with Gasteiger partial charge in [0.2, 0.25) is 0 Å². The number of rotatable bonds is 7. The molecule has 4 rings (SSSR count). The Bertz CT molecular complexity index is 1170. The minimum atomic E-state index is -4.49. The van der Waals surface area contributed by atoms with Crippen LogP contribution in [0.25, 0.3) is 0 Å². The Hall–Kier alpha value is -3.29. The fourth-order valence-corrected chi connectivity index (χ4v) is 4.78. The van der Waals surface area contributed by atoms with Crippen molar-refractivity contribution in [3.8, 4) is 0 Å². The van der Waals surface area contributed by atoms with Gasteiger partial charge in [-0.1, -0.05) is 18.2 Å². The molecule has 0 aromatic heterocycles. The molecule has 2 fully saturated rings. The Morgan fingerprint density at radius 3 is 2.61 bits per heavy atom. The molecule has 2 aromatic rings. The number of morpholine rings is 1. The smallest absolute Gasteiger partial charge is 0.414 e. The quantitative estimate of drug-likeness (QED) is 0.332. The molecule has 1 unspecified atom stereocenters. The minimum Gasteiger partial charge on any atom is -0.441 e. The van der Waals surface area contributed by atoms with E-state index in [9.17, 15) is 27.7 Å². The lowest BCUT2D eigenvalue weighted by Gasteiger charge is -2.32. The maximum atomic E-state index is 14.7. The van der Waals surface area contributed by atoms with Crippen molar-refractivity contribution >= 4 is 33.3 Å². The molecule has 2 aliphatic heterocycles. The van der Waals surface area contributed by atoms with Crippen LogP contribution in [0.15, 0.2) is 47.4 Å². The van der Waals surface area contributed by atoms with Crippen LogP contribution in [0.2, 0.25) is 0 Å². The molecule has 11 nitrogen and oxygen atoms in total. The molecule has 2 heterocycles. The van der Waals surface area contributed by atoms with Gasteiger partial charge in [0.15, 0.2) is 4.90 Å². The zero-order chi connectivity index (χ0) is 23.6. The second kappa shape index (κ2) is 9.29. The SMILES string of the molecule is O=C1OC(COS(=O)(=O)c2ccccc2[N+](=O)[O-])CN1c1cccc(F)c1N1CCOCC1. The molecular weight excluding hydrogens is 461 g/mol. The fourth-order valence-electron chi connectivity index (χ4n) is 3.68. The van der Waals surface area contributed by atoms with Crippen LogP contribution in [-0.2, 0) is 23.8 Å². The van der Waals surface area contributed by atoms with Crippen LogP contribution in [0, 0.1) is 15.9 Å². The van der Waals surface area contributed by atoms with Gasteiger partial charge in [0, 0.05) is 19.2 Å². The summed E-state index contributed by atoms with van der Waals surface area (Å²) in [6.07, 6.45) is -1.78. The van der Waals surface area contributed by atoms with Gasteiger partial charge in [-0.2, -0.15) is 8.42 Å². The van der Waals surface area contributed by atoms with Crippen LogP contribution in [0.4, 0.5) is 26.2 Å². The number of hydrogen-bond donors (Lipinski definition) is 0. The molecule has 2 saturated heterocycles. The normalized spacial score (nSPS) is 18.9. The lowest BCUT2D eigenvalue weighted by molar-refractivity contribution is -0.387. The van der Waals surface area contributed by atoms with Crippen molar-refractivity contribution in [2.75, 3.05) is 49.3 Å². The maximum Gasteiger partial charge on any atom is 0.414 e. The number of hydrogen-bond acceptors (Lipinski definition) is 9. The second-order valence-electron chi connectivity index (χ2n) is 7.29. The van der Waals surface area contributed by atoms with Gasteiger partial charge in [-0.3, -0.25) is 19.2 Å². The molecule has 33 heavy (non-hydrogen) atoms. The van der Waals surface area contributed by atoms with Gasteiger partial charge in [0.05, 0.1) is 36.1 Å². The number of ether oxygens (including phenoxy) is 2. The zero-order valence-corrected chi connectivity index (χ0v) is 18.1. The van der Waals surface area contributed by atoms with E-state index < -0.39 is 50.2 Å². The van der Waals surface area contributed by atoms with Crippen molar-refractivity contribution in [1.29, 1.82) is 0 Å². The number of benzene rings is 2. The lowest BCUT2D eigenvalue weighted by Crippen LogP contribution is -2.38. The van der Waals surface area contributed by atoms with Gasteiger partial charge >= 0.3 is 16.2 Å². The summed E-state index contributed by atoms with van der Waals surface area (Å²) in [7, 11) is -4.49. The summed E-state index contributed by atoms with van der Waals surface area (Å²) in [6.45, 7) is 1.07. The van der Waals surface area contributed by atoms with Gasteiger partial charge < -0.3 is 14.4 Å². The van der Waals surface area contributed by atoms with E-state index in [0.29, 0.717) is 26.3 Å². The monoisotopic (exact) mass is 481 g/mol. The Morgan fingerprint density at radius 2 is 1.88 bits per heavy atom. The first-order valence-corrected chi connectivity index (χ1v) is 11.4. The van der Waals surface area contributed by atoms with Crippen LogP contribution in [0.5, 0.6) is 0 Å². The molecule has 0 saturated carbocycles. The summed E-state index contributed by atoms with van der Waals surface area (Å²) < 4.78 is 55.2. The van der Waals surface area contributed by atoms with Crippen LogP contribution in [0.3, 0.4) is 0 Å². The first-order valence-electron chi connectivity index (χ1n) is 10.00. The molecular formula is C20H20FN3O8S. The zero-order valence-electron chi connectivity index (χ0n) is 17.3. The van der Waals surface area contributed by atoms with Crippen LogP contribution >= 0.6 is 0 Å². The topological polar surface area (TPSA) is 129 Å². The first-order chi connectivity index (χ1) is 15.8. The molecule has 0 aliphatic carbocycles. The molecule has 2 aromatic carbocycles. The van der Waals surface area contributed by atoms with Crippen LogP contribution in [-0.4, -0.2) is 65.0 Å². The van der Waals surface area contributed by atoms with Crippen LogP contribution in [0.1, 0.15) is 0 Å². The summed E-state index contributed by atoms with van der Waals surface area (Å²) in [5.41, 5.74) is -0.115. The van der Waals surface area contributed by atoms with E-state index in [2.05, 4.69) is 0 Å². The van der Waals surface area contributed by atoms with Crippen LogP contribution < -0.4 is 9.80 Å². The Balaban J connectivity index is 1.50. The average Bonchev–Trinajstić information content (AvgIpc) is 3.18. The van der Waals surface area contributed by atoms with Gasteiger partial charge in [0.25, 0.3) is 5.69 Å². The average molecular weight is 481 g/mol. The predicted octanol–water partition coefficient (Wildman–Crippen LogP) is 2.30. The van der Waals surface area contributed by atoms with Crippen molar-refractivity contribution in [3.63, 3.8) is 0 Å². The van der Waals surface area contributed by atoms with E-state index in [-0.39, 0.29) is 17.9 Å². The van der Waals surface area contributed by atoms with Crippen molar-refractivity contribution in [2.45, 2.75) is 11.0 Å². The highest BCUT2D eigenvalue weighted by Gasteiger charge is 2.37. The van der Waals surface area contributed by atoms with E-state index in [1.807, 2.05) is 0 Å². The van der Waals surface area contributed by atoms with Gasteiger partial charge in [0.1, 0.15) is 18.5 Å². The molecule has 0 N–H and O–H groups in total. The van der Waals surface area contributed by atoms with E-state index in [1.54, 1.807) is 11.0 Å². The van der Waals surface area contributed by atoms with Gasteiger partial charge in [-0.15, -0.1) is 0 Å². The number of amides is 1. The molecule has 176 valence electrons.